The van der Waals surface area contributed by atoms with E-state index in [-0.39, 0.29) is 6.04 Å². The Balaban J connectivity index is 2.37. The van der Waals surface area contributed by atoms with Gasteiger partial charge in [0.15, 0.2) is 0 Å². The van der Waals surface area contributed by atoms with Crippen molar-refractivity contribution >= 4 is 53.6 Å². The standard InChI is InChI=1S/C11H13Br2NO2S2/c1-14(9-4-5-17-7-9)18(15,16)11-6-8(12)2-3-10(11)13/h2-3,6,9H,4-5,7H2,1H3. The first-order valence-electron chi connectivity index (χ1n) is 5.44. The Hall–Kier alpha value is 0.440. The van der Waals surface area contributed by atoms with E-state index in [1.54, 1.807) is 30.9 Å². The van der Waals surface area contributed by atoms with Crippen LogP contribution in [0, 0.1) is 0 Å². The molecule has 0 radical (unpaired) electrons. The van der Waals surface area contributed by atoms with Crippen LogP contribution < -0.4 is 0 Å². The molecule has 100 valence electrons. The third-order valence-corrected chi connectivity index (χ3v) is 7.51. The summed E-state index contributed by atoms with van der Waals surface area (Å²) in [6.45, 7) is 0. The Labute approximate surface area is 129 Å². The van der Waals surface area contributed by atoms with E-state index in [0.29, 0.717) is 9.37 Å². The Morgan fingerprint density at radius 1 is 1.39 bits per heavy atom. The number of thioether (sulfide) groups is 1. The highest BCUT2D eigenvalue weighted by molar-refractivity contribution is 9.11. The molecule has 1 saturated heterocycles. The number of hydrogen-bond acceptors (Lipinski definition) is 3. The lowest BCUT2D eigenvalue weighted by atomic mass is 10.3. The highest BCUT2D eigenvalue weighted by Crippen LogP contribution is 2.31. The summed E-state index contributed by atoms with van der Waals surface area (Å²) in [6, 6.07) is 5.30. The summed E-state index contributed by atoms with van der Waals surface area (Å²) >= 11 is 8.43. The Kier molecular flexibility index (Phi) is 4.80. The van der Waals surface area contributed by atoms with Crippen molar-refractivity contribution < 1.29 is 8.42 Å². The molecule has 2 rings (SSSR count). The van der Waals surface area contributed by atoms with Gasteiger partial charge in [0.1, 0.15) is 0 Å². The molecule has 18 heavy (non-hydrogen) atoms. The van der Waals surface area contributed by atoms with E-state index < -0.39 is 10.0 Å². The van der Waals surface area contributed by atoms with Gasteiger partial charge in [0.25, 0.3) is 0 Å². The van der Waals surface area contributed by atoms with Crippen molar-refractivity contribution in [3.8, 4) is 0 Å². The van der Waals surface area contributed by atoms with Crippen molar-refractivity contribution in [2.24, 2.45) is 0 Å². The van der Waals surface area contributed by atoms with Gasteiger partial charge in [0.2, 0.25) is 10.0 Å². The van der Waals surface area contributed by atoms with Crippen LogP contribution in [0.1, 0.15) is 6.42 Å². The molecule has 1 unspecified atom stereocenters. The quantitative estimate of drug-likeness (QED) is 0.761. The van der Waals surface area contributed by atoms with E-state index in [1.165, 1.54) is 4.31 Å². The first-order chi connectivity index (χ1) is 8.43. The average Bonchev–Trinajstić information content (AvgIpc) is 2.84. The van der Waals surface area contributed by atoms with Gasteiger partial charge >= 0.3 is 0 Å². The highest BCUT2D eigenvalue weighted by atomic mass is 79.9. The van der Waals surface area contributed by atoms with Crippen molar-refractivity contribution in [1.29, 1.82) is 0 Å². The van der Waals surface area contributed by atoms with E-state index in [9.17, 15) is 8.42 Å². The number of nitrogens with zero attached hydrogens (tertiary/aromatic N) is 1. The SMILES string of the molecule is CN(C1CCSC1)S(=O)(=O)c1cc(Br)ccc1Br. The molecule has 1 aliphatic rings. The van der Waals surface area contributed by atoms with Gasteiger partial charge in [-0.15, -0.1) is 0 Å². The van der Waals surface area contributed by atoms with Crippen molar-refractivity contribution in [1.82, 2.24) is 4.31 Å². The van der Waals surface area contributed by atoms with Crippen LogP contribution >= 0.6 is 43.6 Å². The van der Waals surface area contributed by atoms with Crippen molar-refractivity contribution in [3.05, 3.63) is 27.1 Å². The van der Waals surface area contributed by atoms with E-state index in [1.807, 2.05) is 6.07 Å². The minimum Gasteiger partial charge on any atom is -0.207 e. The molecule has 1 aromatic carbocycles. The summed E-state index contributed by atoms with van der Waals surface area (Å²) in [7, 11) is -1.77. The van der Waals surface area contributed by atoms with Crippen molar-refractivity contribution in [3.63, 3.8) is 0 Å². The van der Waals surface area contributed by atoms with Gasteiger partial charge in [-0.1, -0.05) is 15.9 Å². The predicted molar refractivity (Wildman–Crippen MR) is 82.5 cm³/mol. The number of hydrogen-bond donors (Lipinski definition) is 0. The summed E-state index contributed by atoms with van der Waals surface area (Å²) in [5.74, 6) is 1.91. The van der Waals surface area contributed by atoms with Crippen molar-refractivity contribution in [2.75, 3.05) is 18.6 Å². The molecule has 1 aliphatic heterocycles. The first kappa shape index (κ1) is 14.8. The molecular weight excluding hydrogens is 402 g/mol. The predicted octanol–water partition coefficient (Wildman–Crippen LogP) is 3.34. The van der Waals surface area contributed by atoms with Crippen LogP contribution in [0.25, 0.3) is 0 Å². The molecule has 0 spiro atoms. The van der Waals surface area contributed by atoms with Crippen LogP contribution in [-0.4, -0.2) is 37.3 Å². The summed E-state index contributed by atoms with van der Waals surface area (Å²) in [5, 5.41) is 0. The van der Waals surface area contributed by atoms with Crippen LogP contribution in [0.3, 0.4) is 0 Å². The third kappa shape index (κ3) is 2.95. The van der Waals surface area contributed by atoms with Crippen LogP contribution in [-0.2, 0) is 10.0 Å². The number of rotatable bonds is 3. The largest absolute Gasteiger partial charge is 0.244 e. The zero-order chi connectivity index (χ0) is 13.3. The summed E-state index contributed by atoms with van der Waals surface area (Å²) in [5.41, 5.74) is 0. The maximum atomic E-state index is 12.6. The lowest BCUT2D eigenvalue weighted by Gasteiger charge is -2.23. The van der Waals surface area contributed by atoms with Crippen LogP contribution in [0.4, 0.5) is 0 Å². The molecule has 7 heteroatoms. The van der Waals surface area contributed by atoms with Gasteiger partial charge in [0, 0.05) is 27.8 Å². The molecule has 0 aliphatic carbocycles. The monoisotopic (exact) mass is 413 g/mol. The fourth-order valence-corrected chi connectivity index (χ4v) is 6.04. The fourth-order valence-electron chi connectivity index (χ4n) is 1.84. The highest BCUT2D eigenvalue weighted by Gasteiger charge is 2.31. The zero-order valence-electron chi connectivity index (χ0n) is 9.77. The Morgan fingerprint density at radius 2 is 2.11 bits per heavy atom. The lowest BCUT2D eigenvalue weighted by Crippen LogP contribution is -2.37. The molecule has 1 atom stereocenters. The topological polar surface area (TPSA) is 37.4 Å². The zero-order valence-corrected chi connectivity index (χ0v) is 14.6. The average molecular weight is 415 g/mol. The maximum absolute atomic E-state index is 12.6. The van der Waals surface area contributed by atoms with Crippen molar-refractivity contribution in [2.45, 2.75) is 17.4 Å². The van der Waals surface area contributed by atoms with Crippen LogP contribution in [0.2, 0.25) is 0 Å². The van der Waals surface area contributed by atoms with Gasteiger partial charge in [-0.25, -0.2) is 8.42 Å². The third-order valence-electron chi connectivity index (χ3n) is 2.97. The summed E-state index contributed by atoms with van der Waals surface area (Å²) in [6.07, 6.45) is 0.923. The second kappa shape index (κ2) is 5.83. The van der Waals surface area contributed by atoms with E-state index >= 15 is 0 Å². The van der Waals surface area contributed by atoms with E-state index in [4.69, 9.17) is 0 Å². The summed E-state index contributed by atoms with van der Waals surface area (Å²) < 4.78 is 28.0. The van der Waals surface area contributed by atoms with Gasteiger partial charge in [0.05, 0.1) is 4.90 Å². The molecule has 1 fully saturated rings. The fraction of sp³-hybridized carbons (Fsp3) is 0.455. The molecule has 1 aromatic rings. The smallest absolute Gasteiger partial charge is 0.207 e. The van der Waals surface area contributed by atoms with Crippen LogP contribution in [0.15, 0.2) is 32.0 Å². The van der Waals surface area contributed by atoms with Gasteiger partial charge < -0.3 is 0 Å². The van der Waals surface area contributed by atoms with Gasteiger partial charge in [-0.05, 0) is 46.3 Å². The normalized spacial score (nSPS) is 20.6. The minimum atomic E-state index is -3.43. The Morgan fingerprint density at radius 3 is 2.72 bits per heavy atom. The first-order valence-corrected chi connectivity index (χ1v) is 9.62. The van der Waals surface area contributed by atoms with E-state index in [0.717, 1.165) is 22.4 Å². The number of halogens is 2. The van der Waals surface area contributed by atoms with E-state index in [2.05, 4.69) is 31.9 Å². The molecule has 0 saturated carbocycles. The lowest BCUT2D eigenvalue weighted by molar-refractivity contribution is 0.394. The minimum absolute atomic E-state index is 0.103. The number of sulfonamides is 1. The Bertz CT molecular complexity index is 542. The van der Waals surface area contributed by atoms with Gasteiger partial charge in [-0.3, -0.25) is 0 Å². The molecule has 0 aromatic heterocycles. The molecule has 0 amide bonds. The second-order valence-electron chi connectivity index (χ2n) is 4.11. The molecule has 3 nitrogen and oxygen atoms in total. The molecular formula is C11H13Br2NO2S2. The number of benzene rings is 1. The molecule has 0 bridgehead atoms. The van der Waals surface area contributed by atoms with Gasteiger partial charge in [-0.2, -0.15) is 16.1 Å². The second-order valence-corrected chi connectivity index (χ2v) is 9.00. The molecule has 0 N–H and O–H groups in total. The maximum Gasteiger partial charge on any atom is 0.244 e. The summed E-state index contributed by atoms with van der Waals surface area (Å²) in [4.78, 5) is 0.316. The van der Waals surface area contributed by atoms with Crippen LogP contribution in [0.5, 0.6) is 0 Å². The molecule has 1 heterocycles.